The number of fused-ring (bicyclic) bond motifs is 1. The van der Waals surface area contributed by atoms with E-state index in [2.05, 4.69) is 10.3 Å². The average molecular weight is 252 g/mol. The number of para-hydroxylation sites is 1. The highest BCUT2D eigenvalue weighted by Gasteiger charge is 2.09. The smallest absolute Gasteiger partial charge is 0.267 e. The number of rotatable bonds is 4. The summed E-state index contributed by atoms with van der Waals surface area (Å²) in [5.41, 5.74) is 6.67. The van der Waals surface area contributed by atoms with Gasteiger partial charge in [-0.2, -0.15) is 0 Å². The summed E-state index contributed by atoms with van der Waals surface area (Å²) < 4.78 is 0. The zero-order valence-corrected chi connectivity index (χ0v) is 10.1. The normalized spacial score (nSPS) is 10.7. The van der Waals surface area contributed by atoms with Gasteiger partial charge in [-0.05, 0) is 25.1 Å². The van der Waals surface area contributed by atoms with E-state index in [4.69, 9.17) is 17.3 Å². The number of carbonyl (C=O) groups excluding carboxylic acids is 1. The topological polar surface area (TPSA) is 70.9 Å². The van der Waals surface area contributed by atoms with Crippen LogP contribution in [0.1, 0.15) is 16.9 Å². The quantitative estimate of drug-likeness (QED) is 0.727. The molecule has 4 N–H and O–H groups in total. The molecule has 0 spiro atoms. The Morgan fingerprint density at radius 3 is 3.00 bits per heavy atom. The van der Waals surface area contributed by atoms with Crippen LogP contribution in [0, 0.1) is 0 Å². The van der Waals surface area contributed by atoms with Crippen molar-refractivity contribution in [2.75, 3.05) is 13.1 Å². The summed E-state index contributed by atoms with van der Waals surface area (Å²) in [5.74, 6) is -0.134. The first-order valence-corrected chi connectivity index (χ1v) is 5.85. The second kappa shape index (κ2) is 5.21. The Hall–Kier alpha value is -1.52. The molecule has 0 aliphatic heterocycles. The molecule has 4 nitrogen and oxygen atoms in total. The van der Waals surface area contributed by atoms with Gasteiger partial charge in [0.1, 0.15) is 5.69 Å². The number of nitrogens with one attached hydrogen (secondary N) is 2. The van der Waals surface area contributed by atoms with Crippen LogP contribution in [0.15, 0.2) is 24.3 Å². The summed E-state index contributed by atoms with van der Waals surface area (Å²) in [5, 5.41) is 4.33. The highest BCUT2D eigenvalue weighted by atomic mass is 35.5. The lowest BCUT2D eigenvalue weighted by Crippen LogP contribution is -2.26. The Balaban J connectivity index is 2.19. The van der Waals surface area contributed by atoms with Crippen molar-refractivity contribution in [2.24, 2.45) is 5.73 Å². The number of carbonyl (C=O) groups is 1. The van der Waals surface area contributed by atoms with Gasteiger partial charge < -0.3 is 16.0 Å². The van der Waals surface area contributed by atoms with Crippen LogP contribution in [0.4, 0.5) is 0 Å². The summed E-state index contributed by atoms with van der Waals surface area (Å²) >= 11 is 6.02. The van der Waals surface area contributed by atoms with Crippen molar-refractivity contribution >= 4 is 28.4 Å². The Kier molecular flexibility index (Phi) is 3.66. The van der Waals surface area contributed by atoms with Crippen molar-refractivity contribution < 1.29 is 4.79 Å². The highest BCUT2D eigenvalue weighted by Crippen LogP contribution is 2.23. The summed E-state index contributed by atoms with van der Waals surface area (Å²) in [4.78, 5) is 14.8. The molecule has 0 saturated carbocycles. The minimum Gasteiger partial charge on any atom is -0.351 e. The van der Waals surface area contributed by atoms with Gasteiger partial charge in [-0.1, -0.05) is 23.7 Å². The van der Waals surface area contributed by atoms with Crippen LogP contribution >= 0.6 is 11.6 Å². The van der Waals surface area contributed by atoms with Gasteiger partial charge in [-0.3, -0.25) is 4.79 Å². The fourth-order valence-corrected chi connectivity index (χ4v) is 1.87. The number of hydrogen-bond acceptors (Lipinski definition) is 2. The molecule has 1 heterocycles. The maximum Gasteiger partial charge on any atom is 0.267 e. The lowest BCUT2D eigenvalue weighted by molar-refractivity contribution is 0.0949. The average Bonchev–Trinajstić information content (AvgIpc) is 2.75. The molecule has 0 aliphatic carbocycles. The Morgan fingerprint density at radius 2 is 2.29 bits per heavy atom. The van der Waals surface area contributed by atoms with Gasteiger partial charge in [0.05, 0.1) is 10.5 Å². The number of H-pyrrole nitrogens is 1. The van der Waals surface area contributed by atoms with Crippen LogP contribution in [0.25, 0.3) is 10.9 Å². The molecule has 17 heavy (non-hydrogen) atoms. The molecule has 0 fully saturated rings. The van der Waals surface area contributed by atoms with E-state index < -0.39 is 0 Å². The van der Waals surface area contributed by atoms with Crippen molar-refractivity contribution in [3.8, 4) is 0 Å². The zero-order chi connectivity index (χ0) is 12.3. The second-order valence-electron chi connectivity index (χ2n) is 3.79. The first-order valence-electron chi connectivity index (χ1n) is 5.48. The number of nitrogens with two attached hydrogens (primary N) is 1. The largest absolute Gasteiger partial charge is 0.351 e. The number of aromatic amines is 1. The highest BCUT2D eigenvalue weighted by molar-refractivity contribution is 6.35. The van der Waals surface area contributed by atoms with Crippen molar-refractivity contribution in [3.05, 3.63) is 35.0 Å². The number of aromatic nitrogens is 1. The third-order valence-electron chi connectivity index (χ3n) is 2.52. The molecule has 2 aromatic rings. The van der Waals surface area contributed by atoms with Crippen molar-refractivity contribution in [2.45, 2.75) is 6.42 Å². The molecule has 0 radical (unpaired) electrons. The molecule has 2 rings (SSSR count). The van der Waals surface area contributed by atoms with Gasteiger partial charge in [-0.15, -0.1) is 0 Å². The number of amides is 1. The van der Waals surface area contributed by atoms with Gasteiger partial charge in [0.15, 0.2) is 0 Å². The van der Waals surface area contributed by atoms with Crippen LogP contribution < -0.4 is 11.1 Å². The molecular weight excluding hydrogens is 238 g/mol. The summed E-state index contributed by atoms with van der Waals surface area (Å²) in [6.45, 7) is 1.15. The lowest BCUT2D eigenvalue weighted by atomic mass is 10.2. The van der Waals surface area contributed by atoms with Crippen molar-refractivity contribution in [3.63, 3.8) is 0 Å². The summed E-state index contributed by atoms with van der Waals surface area (Å²) in [6.07, 6.45) is 0.771. The predicted molar refractivity (Wildman–Crippen MR) is 69.3 cm³/mol. The molecule has 1 aromatic carbocycles. The molecule has 0 aliphatic rings. The fourth-order valence-electron chi connectivity index (χ4n) is 1.64. The van der Waals surface area contributed by atoms with Crippen molar-refractivity contribution in [1.29, 1.82) is 0 Å². The van der Waals surface area contributed by atoms with E-state index in [1.807, 2.05) is 12.1 Å². The Bertz CT molecular complexity index is 536. The first kappa shape index (κ1) is 12.0. The van der Waals surface area contributed by atoms with E-state index >= 15 is 0 Å². The van der Waals surface area contributed by atoms with Gasteiger partial charge >= 0.3 is 0 Å². The van der Waals surface area contributed by atoms with Crippen LogP contribution in [0.2, 0.25) is 5.02 Å². The molecule has 90 valence electrons. The number of halogens is 1. The van der Waals surface area contributed by atoms with E-state index in [1.165, 1.54) is 0 Å². The van der Waals surface area contributed by atoms with E-state index in [9.17, 15) is 4.79 Å². The standard InChI is InChI=1S/C12H14ClN3O/c13-9-4-1-3-8-7-10(16-11(8)9)12(17)15-6-2-5-14/h1,3-4,7,16H,2,5-6,14H2,(H,15,17). The first-order chi connectivity index (χ1) is 8.22. The molecule has 1 amide bonds. The Labute approximate surface area is 104 Å². The maximum absolute atomic E-state index is 11.8. The van der Waals surface area contributed by atoms with Gasteiger partial charge in [0.25, 0.3) is 5.91 Å². The number of hydrogen-bond donors (Lipinski definition) is 3. The predicted octanol–water partition coefficient (Wildman–Crippen LogP) is 1.90. The lowest BCUT2D eigenvalue weighted by Gasteiger charge is -2.01. The third-order valence-corrected chi connectivity index (χ3v) is 2.83. The minimum atomic E-state index is -0.134. The van der Waals surface area contributed by atoms with Gasteiger partial charge in [0, 0.05) is 11.9 Å². The van der Waals surface area contributed by atoms with Crippen LogP contribution in [-0.4, -0.2) is 24.0 Å². The van der Waals surface area contributed by atoms with Crippen molar-refractivity contribution in [1.82, 2.24) is 10.3 Å². The zero-order valence-electron chi connectivity index (χ0n) is 9.29. The van der Waals surface area contributed by atoms with Crippen LogP contribution in [-0.2, 0) is 0 Å². The van der Waals surface area contributed by atoms with E-state index in [1.54, 1.807) is 12.1 Å². The van der Waals surface area contributed by atoms with E-state index in [0.717, 1.165) is 17.3 Å². The molecule has 0 atom stereocenters. The van der Waals surface area contributed by atoms with Crippen LogP contribution in [0.5, 0.6) is 0 Å². The molecule has 0 saturated heterocycles. The molecule has 5 heteroatoms. The monoisotopic (exact) mass is 251 g/mol. The summed E-state index contributed by atoms with van der Waals surface area (Å²) in [7, 11) is 0. The molecular formula is C12H14ClN3O. The van der Waals surface area contributed by atoms with Gasteiger partial charge in [-0.25, -0.2) is 0 Å². The molecule has 1 aromatic heterocycles. The van der Waals surface area contributed by atoms with E-state index in [0.29, 0.717) is 23.8 Å². The Morgan fingerprint density at radius 1 is 1.47 bits per heavy atom. The third kappa shape index (κ3) is 2.60. The number of benzene rings is 1. The van der Waals surface area contributed by atoms with E-state index in [-0.39, 0.29) is 5.91 Å². The molecule has 0 bridgehead atoms. The maximum atomic E-state index is 11.8. The van der Waals surface area contributed by atoms with Crippen LogP contribution in [0.3, 0.4) is 0 Å². The molecule has 0 unspecified atom stereocenters. The SMILES string of the molecule is NCCCNC(=O)c1cc2cccc(Cl)c2[nH]1. The minimum absolute atomic E-state index is 0.134. The van der Waals surface area contributed by atoms with Gasteiger partial charge in [0.2, 0.25) is 0 Å². The second-order valence-corrected chi connectivity index (χ2v) is 4.19. The summed E-state index contributed by atoms with van der Waals surface area (Å²) in [6, 6.07) is 7.35. The fraction of sp³-hybridized carbons (Fsp3) is 0.250.